The summed E-state index contributed by atoms with van der Waals surface area (Å²) in [4.78, 5) is 24.7. The van der Waals surface area contributed by atoms with E-state index in [2.05, 4.69) is 12.2 Å². The van der Waals surface area contributed by atoms with Crippen LogP contribution in [0.5, 0.6) is 0 Å². The van der Waals surface area contributed by atoms with Crippen molar-refractivity contribution in [2.45, 2.75) is 57.9 Å². The van der Waals surface area contributed by atoms with Gasteiger partial charge in [-0.15, -0.1) is 0 Å². The van der Waals surface area contributed by atoms with Crippen LogP contribution in [0.25, 0.3) is 0 Å². The molecule has 1 aliphatic heterocycles. The van der Waals surface area contributed by atoms with Crippen LogP contribution in [-0.2, 0) is 4.79 Å². The summed E-state index contributed by atoms with van der Waals surface area (Å²) in [5.41, 5.74) is 0.244. The van der Waals surface area contributed by atoms with E-state index < -0.39 is 12.0 Å². The van der Waals surface area contributed by atoms with E-state index in [0.29, 0.717) is 19.5 Å². The van der Waals surface area contributed by atoms with Gasteiger partial charge >= 0.3 is 12.0 Å². The van der Waals surface area contributed by atoms with E-state index in [9.17, 15) is 9.59 Å². The van der Waals surface area contributed by atoms with Crippen molar-refractivity contribution in [2.75, 3.05) is 13.1 Å². The molecule has 2 rings (SSSR count). The summed E-state index contributed by atoms with van der Waals surface area (Å²) in [5.74, 6) is -0.890. The predicted octanol–water partition coefficient (Wildman–Crippen LogP) is 2.22. The van der Waals surface area contributed by atoms with Crippen molar-refractivity contribution in [1.29, 1.82) is 0 Å². The van der Waals surface area contributed by atoms with Gasteiger partial charge < -0.3 is 15.3 Å². The molecule has 2 amide bonds. The second-order valence-electron chi connectivity index (χ2n) is 5.91. The summed E-state index contributed by atoms with van der Waals surface area (Å²) >= 11 is 0. The van der Waals surface area contributed by atoms with Crippen molar-refractivity contribution >= 4 is 12.0 Å². The molecule has 0 radical (unpaired) electrons. The van der Waals surface area contributed by atoms with Gasteiger partial charge in [-0.1, -0.05) is 19.8 Å². The Morgan fingerprint density at radius 3 is 2.58 bits per heavy atom. The monoisotopic (exact) mass is 268 g/mol. The molecule has 2 N–H and O–H groups in total. The number of urea groups is 1. The first-order valence-corrected chi connectivity index (χ1v) is 7.35. The van der Waals surface area contributed by atoms with Gasteiger partial charge in [-0.05, 0) is 37.5 Å². The SMILES string of the molecule is CCC1(CNC(=O)N2CCC[C@@H]2C(=O)O)CCCC1. The number of carbonyl (C=O) groups is 2. The zero-order valence-electron chi connectivity index (χ0n) is 11.7. The third kappa shape index (κ3) is 3.01. The number of carbonyl (C=O) groups excluding carboxylic acids is 1. The van der Waals surface area contributed by atoms with Crippen LogP contribution in [0.1, 0.15) is 51.9 Å². The van der Waals surface area contributed by atoms with E-state index in [-0.39, 0.29) is 11.4 Å². The highest BCUT2D eigenvalue weighted by molar-refractivity contribution is 5.83. The van der Waals surface area contributed by atoms with Crippen molar-refractivity contribution in [3.63, 3.8) is 0 Å². The Balaban J connectivity index is 1.88. The number of likely N-dealkylation sites (tertiary alicyclic amines) is 1. The van der Waals surface area contributed by atoms with E-state index in [0.717, 1.165) is 12.8 Å². The number of hydrogen-bond acceptors (Lipinski definition) is 2. The van der Waals surface area contributed by atoms with Crippen LogP contribution in [0.3, 0.4) is 0 Å². The Kier molecular flexibility index (Phi) is 4.32. The van der Waals surface area contributed by atoms with Gasteiger partial charge in [0.1, 0.15) is 6.04 Å². The van der Waals surface area contributed by atoms with Gasteiger partial charge in [0, 0.05) is 13.1 Å². The fourth-order valence-electron chi connectivity index (χ4n) is 3.41. The van der Waals surface area contributed by atoms with Crippen LogP contribution in [0, 0.1) is 5.41 Å². The van der Waals surface area contributed by atoms with Crippen molar-refractivity contribution < 1.29 is 14.7 Å². The minimum Gasteiger partial charge on any atom is -0.480 e. The van der Waals surface area contributed by atoms with Crippen molar-refractivity contribution in [3.05, 3.63) is 0 Å². The molecule has 0 unspecified atom stereocenters. The van der Waals surface area contributed by atoms with Crippen LogP contribution in [0.4, 0.5) is 4.79 Å². The molecule has 0 aromatic rings. The fraction of sp³-hybridized carbons (Fsp3) is 0.857. The normalized spacial score (nSPS) is 25.5. The molecule has 0 aromatic heterocycles. The molecular weight excluding hydrogens is 244 g/mol. The molecule has 0 aromatic carbocycles. The summed E-state index contributed by atoms with van der Waals surface area (Å²) in [6.45, 7) is 3.42. The summed E-state index contributed by atoms with van der Waals surface area (Å²) < 4.78 is 0. The third-order valence-electron chi connectivity index (χ3n) is 4.83. The molecule has 1 saturated heterocycles. The van der Waals surface area contributed by atoms with E-state index in [1.165, 1.54) is 30.6 Å². The van der Waals surface area contributed by atoms with Crippen LogP contribution >= 0.6 is 0 Å². The van der Waals surface area contributed by atoms with Crippen LogP contribution in [-0.4, -0.2) is 41.1 Å². The molecule has 108 valence electrons. The maximum Gasteiger partial charge on any atom is 0.326 e. The van der Waals surface area contributed by atoms with Gasteiger partial charge in [-0.2, -0.15) is 0 Å². The Morgan fingerprint density at radius 1 is 1.32 bits per heavy atom. The van der Waals surface area contributed by atoms with Crippen LogP contribution in [0.2, 0.25) is 0 Å². The largest absolute Gasteiger partial charge is 0.480 e. The molecule has 0 bridgehead atoms. The first-order chi connectivity index (χ1) is 9.08. The number of carboxylic acids is 1. The Labute approximate surface area is 114 Å². The lowest BCUT2D eigenvalue weighted by atomic mass is 9.83. The summed E-state index contributed by atoms with van der Waals surface area (Å²) in [6, 6.07) is -0.842. The summed E-state index contributed by atoms with van der Waals surface area (Å²) in [5, 5.41) is 12.1. The zero-order valence-corrected chi connectivity index (χ0v) is 11.7. The van der Waals surface area contributed by atoms with Gasteiger partial charge in [-0.3, -0.25) is 0 Å². The van der Waals surface area contributed by atoms with Crippen molar-refractivity contribution in [1.82, 2.24) is 10.2 Å². The highest BCUT2D eigenvalue weighted by atomic mass is 16.4. The number of hydrogen-bond donors (Lipinski definition) is 2. The van der Waals surface area contributed by atoms with Gasteiger partial charge in [0.25, 0.3) is 0 Å². The molecule has 19 heavy (non-hydrogen) atoms. The second-order valence-corrected chi connectivity index (χ2v) is 5.91. The summed E-state index contributed by atoms with van der Waals surface area (Å²) in [7, 11) is 0. The minimum atomic E-state index is -0.890. The molecule has 5 nitrogen and oxygen atoms in total. The van der Waals surface area contributed by atoms with Gasteiger partial charge in [0.2, 0.25) is 0 Å². The van der Waals surface area contributed by atoms with Crippen LogP contribution < -0.4 is 5.32 Å². The lowest BCUT2D eigenvalue weighted by molar-refractivity contribution is -0.141. The fourth-order valence-corrected chi connectivity index (χ4v) is 3.41. The van der Waals surface area contributed by atoms with E-state index in [4.69, 9.17) is 5.11 Å². The molecule has 1 aliphatic carbocycles. The third-order valence-corrected chi connectivity index (χ3v) is 4.83. The van der Waals surface area contributed by atoms with Crippen molar-refractivity contribution in [2.24, 2.45) is 5.41 Å². The van der Waals surface area contributed by atoms with Gasteiger partial charge in [-0.25, -0.2) is 9.59 Å². The molecule has 0 spiro atoms. The predicted molar refractivity (Wildman–Crippen MR) is 72.0 cm³/mol. The number of amides is 2. The second kappa shape index (κ2) is 5.80. The topological polar surface area (TPSA) is 69.6 Å². The van der Waals surface area contributed by atoms with E-state index in [1.54, 1.807) is 0 Å². The molecular formula is C14H24N2O3. The zero-order chi connectivity index (χ0) is 13.9. The molecule has 1 atom stereocenters. The maximum atomic E-state index is 12.1. The maximum absolute atomic E-state index is 12.1. The molecule has 2 aliphatic rings. The molecule has 5 heteroatoms. The minimum absolute atomic E-state index is 0.204. The number of nitrogens with one attached hydrogen (secondary N) is 1. The number of carboxylic acid groups (broad SMARTS) is 1. The Hall–Kier alpha value is -1.26. The standard InChI is InChI=1S/C14H24N2O3/c1-2-14(7-3-4-8-14)10-15-13(19)16-9-5-6-11(16)12(17)18/h11H,2-10H2,1H3,(H,15,19)(H,17,18)/t11-/m1/s1. The van der Waals surface area contributed by atoms with E-state index in [1.807, 2.05) is 0 Å². The molecule has 1 saturated carbocycles. The smallest absolute Gasteiger partial charge is 0.326 e. The highest BCUT2D eigenvalue weighted by Gasteiger charge is 2.36. The van der Waals surface area contributed by atoms with Gasteiger partial charge in [0.15, 0.2) is 0 Å². The first-order valence-electron chi connectivity index (χ1n) is 7.35. The Morgan fingerprint density at radius 2 is 2.00 bits per heavy atom. The lowest BCUT2D eigenvalue weighted by Gasteiger charge is -2.30. The van der Waals surface area contributed by atoms with Gasteiger partial charge in [0.05, 0.1) is 0 Å². The summed E-state index contributed by atoms with van der Waals surface area (Å²) in [6.07, 6.45) is 7.26. The Bertz CT molecular complexity index is 351. The average molecular weight is 268 g/mol. The number of nitrogens with zero attached hydrogens (tertiary/aromatic N) is 1. The average Bonchev–Trinajstić information content (AvgIpc) is 3.05. The first kappa shape index (κ1) is 14.2. The van der Waals surface area contributed by atoms with Crippen LogP contribution in [0.15, 0.2) is 0 Å². The molecule has 1 heterocycles. The quantitative estimate of drug-likeness (QED) is 0.821. The van der Waals surface area contributed by atoms with Crippen molar-refractivity contribution in [3.8, 4) is 0 Å². The molecule has 2 fully saturated rings. The highest BCUT2D eigenvalue weighted by Crippen LogP contribution is 2.40. The number of rotatable bonds is 4. The number of aliphatic carboxylic acids is 1. The lowest BCUT2D eigenvalue weighted by Crippen LogP contribution is -2.48. The van der Waals surface area contributed by atoms with E-state index >= 15 is 0 Å².